The van der Waals surface area contributed by atoms with Crippen molar-refractivity contribution in [3.63, 3.8) is 0 Å². The molecule has 4 N–H and O–H groups in total. The first kappa shape index (κ1) is 17.1. The van der Waals surface area contributed by atoms with Gasteiger partial charge in [0.2, 0.25) is 0 Å². The smallest absolute Gasteiger partial charge is 0.161 e. The third-order valence-electron chi connectivity index (χ3n) is 4.73. The highest BCUT2D eigenvalue weighted by Gasteiger charge is 2.44. The number of hydrogen-bond acceptors (Lipinski definition) is 6. The average Bonchev–Trinajstić information content (AvgIpc) is 2.47. The van der Waals surface area contributed by atoms with Crippen LogP contribution in [0.3, 0.4) is 0 Å². The molecule has 0 radical (unpaired) electrons. The van der Waals surface area contributed by atoms with E-state index in [0.29, 0.717) is 26.4 Å². The number of nitrogens with two attached hydrogens (primary N) is 2. The molecule has 2 saturated heterocycles. The summed E-state index contributed by atoms with van der Waals surface area (Å²) in [5, 5.41) is 0. The van der Waals surface area contributed by atoms with Crippen LogP contribution in [0.2, 0.25) is 0 Å². The Kier molecular flexibility index (Phi) is 5.62. The topological polar surface area (TPSA) is 89.0 Å². The van der Waals surface area contributed by atoms with Crippen LogP contribution in [0, 0.1) is 17.3 Å². The third kappa shape index (κ3) is 3.94. The Morgan fingerprint density at radius 2 is 1.00 bits per heavy atom. The Balaban J connectivity index is 1.83. The Bertz CT molecular complexity index is 286. The molecule has 0 aromatic carbocycles. The molecule has 21 heavy (non-hydrogen) atoms. The fraction of sp³-hybridized carbons (Fsp3) is 1.00. The molecular formula is C15H30N2O4. The first-order chi connectivity index (χ1) is 9.84. The van der Waals surface area contributed by atoms with Crippen LogP contribution < -0.4 is 11.5 Å². The maximum absolute atomic E-state index is 5.90. The van der Waals surface area contributed by atoms with Crippen molar-refractivity contribution in [2.24, 2.45) is 28.7 Å². The first-order valence-electron chi connectivity index (χ1n) is 7.82. The molecule has 6 nitrogen and oxygen atoms in total. The summed E-state index contributed by atoms with van der Waals surface area (Å²) in [5.74, 6) is 0.331. The normalized spacial score (nSPS) is 39.7. The van der Waals surface area contributed by atoms with Gasteiger partial charge < -0.3 is 30.4 Å². The molecule has 0 amide bonds. The predicted molar refractivity (Wildman–Crippen MR) is 79.4 cm³/mol. The van der Waals surface area contributed by atoms with Gasteiger partial charge in [-0.2, -0.15) is 0 Å². The molecule has 0 aromatic heterocycles. The second kappa shape index (κ2) is 6.89. The van der Waals surface area contributed by atoms with Gasteiger partial charge in [0.25, 0.3) is 0 Å². The second-order valence-electron chi connectivity index (χ2n) is 6.92. The summed E-state index contributed by atoms with van der Waals surface area (Å²) in [7, 11) is 0. The number of hydrogen-bond donors (Lipinski definition) is 2. The molecule has 4 unspecified atom stereocenters. The van der Waals surface area contributed by atoms with Crippen LogP contribution in [0.25, 0.3) is 0 Å². The maximum atomic E-state index is 5.90. The fourth-order valence-electron chi connectivity index (χ4n) is 2.48. The summed E-state index contributed by atoms with van der Waals surface area (Å²) in [4.78, 5) is 0. The largest absolute Gasteiger partial charge is 0.351 e. The highest BCUT2D eigenvalue weighted by atomic mass is 16.7. The van der Waals surface area contributed by atoms with E-state index in [1.807, 2.05) is 27.7 Å². The molecular weight excluding hydrogens is 272 g/mol. The van der Waals surface area contributed by atoms with E-state index in [1.54, 1.807) is 0 Å². The minimum Gasteiger partial charge on any atom is -0.351 e. The lowest BCUT2D eigenvalue weighted by molar-refractivity contribution is -0.318. The molecule has 1 spiro atoms. The van der Waals surface area contributed by atoms with Crippen molar-refractivity contribution in [3.05, 3.63) is 0 Å². The summed E-state index contributed by atoms with van der Waals surface area (Å²) in [5.41, 5.74) is 11.6. The van der Waals surface area contributed by atoms with Crippen molar-refractivity contribution < 1.29 is 18.9 Å². The molecule has 4 atom stereocenters. The van der Waals surface area contributed by atoms with E-state index in [2.05, 4.69) is 0 Å². The number of ether oxygens (including phenoxy) is 4. The monoisotopic (exact) mass is 302 g/mol. The van der Waals surface area contributed by atoms with E-state index in [9.17, 15) is 0 Å². The Morgan fingerprint density at radius 3 is 1.24 bits per heavy atom. The van der Waals surface area contributed by atoms with Crippen LogP contribution in [-0.2, 0) is 18.9 Å². The van der Waals surface area contributed by atoms with Crippen LogP contribution in [0.5, 0.6) is 0 Å². The standard InChI is InChI=1S/C15H30N2O4/c1-9(11(3)16)13-18-5-15(6-19-13)7-20-14(21-8-15)10(2)12(4)17/h9-14H,5-8,16-17H2,1-4H3. The van der Waals surface area contributed by atoms with Crippen molar-refractivity contribution in [1.29, 1.82) is 0 Å². The van der Waals surface area contributed by atoms with E-state index in [4.69, 9.17) is 30.4 Å². The average molecular weight is 302 g/mol. The zero-order valence-electron chi connectivity index (χ0n) is 13.6. The molecule has 2 aliphatic heterocycles. The molecule has 2 rings (SSSR count). The van der Waals surface area contributed by atoms with Gasteiger partial charge in [-0.25, -0.2) is 0 Å². The lowest BCUT2D eigenvalue weighted by Crippen LogP contribution is -2.55. The van der Waals surface area contributed by atoms with Gasteiger partial charge in [0, 0.05) is 23.9 Å². The van der Waals surface area contributed by atoms with E-state index < -0.39 is 0 Å². The molecule has 6 heteroatoms. The summed E-state index contributed by atoms with van der Waals surface area (Å²) in [6.07, 6.45) is -0.479. The van der Waals surface area contributed by atoms with E-state index in [0.717, 1.165) is 0 Å². The van der Waals surface area contributed by atoms with Crippen molar-refractivity contribution in [1.82, 2.24) is 0 Å². The van der Waals surface area contributed by atoms with Crippen molar-refractivity contribution in [2.75, 3.05) is 26.4 Å². The zero-order valence-corrected chi connectivity index (χ0v) is 13.6. The van der Waals surface area contributed by atoms with Crippen molar-refractivity contribution in [3.8, 4) is 0 Å². The molecule has 0 bridgehead atoms. The quantitative estimate of drug-likeness (QED) is 0.794. The lowest BCUT2D eigenvalue weighted by atomic mass is 9.89. The highest BCUT2D eigenvalue weighted by molar-refractivity contribution is 4.86. The fourth-order valence-corrected chi connectivity index (χ4v) is 2.48. The van der Waals surface area contributed by atoms with Gasteiger partial charge in [-0.1, -0.05) is 13.8 Å². The zero-order chi connectivity index (χ0) is 15.6. The van der Waals surface area contributed by atoms with E-state index >= 15 is 0 Å². The van der Waals surface area contributed by atoms with Crippen molar-refractivity contribution in [2.45, 2.75) is 52.4 Å². The van der Waals surface area contributed by atoms with E-state index in [-0.39, 0.29) is 41.9 Å². The lowest BCUT2D eigenvalue weighted by Gasteiger charge is -2.46. The van der Waals surface area contributed by atoms with Gasteiger partial charge in [0.1, 0.15) is 0 Å². The molecule has 0 aromatic rings. The maximum Gasteiger partial charge on any atom is 0.161 e. The van der Waals surface area contributed by atoms with Gasteiger partial charge >= 0.3 is 0 Å². The Morgan fingerprint density at radius 1 is 0.714 bits per heavy atom. The number of rotatable bonds is 4. The summed E-state index contributed by atoms with van der Waals surface area (Å²) in [6.45, 7) is 10.3. The van der Waals surface area contributed by atoms with Gasteiger partial charge in [0.05, 0.1) is 31.8 Å². The van der Waals surface area contributed by atoms with E-state index in [1.165, 1.54) is 0 Å². The molecule has 2 aliphatic rings. The van der Waals surface area contributed by atoms with Gasteiger partial charge in [-0.05, 0) is 13.8 Å². The van der Waals surface area contributed by atoms with Gasteiger partial charge in [0.15, 0.2) is 12.6 Å². The second-order valence-corrected chi connectivity index (χ2v) is 6.92. The molecule has 124 valence electrons. The highest BCUT2D eigenvalue weighted by Crippen LogP contribution is 2.33. The van der Waals surface area contributed by atoms with Gasteiger partial charge in [-0.15, -0.1) is 0 Å². The Labute approximate surface area is 127 Å². The Hall–Kier alpha value is -0.240. The molecule has 2 fully saturated rings. The summed E-state index contributed by atoms with van der Waals surface area (Å²) < 4.78 is 23.4. The van der Waals surface area contributed by atoms with Crippen molar-refractivity contribution >= 4 is 0 Å². The van der Waals surface area contributed by atoms with Crippen LogP contribution in [-0.4, -0.2) is 51.1 Å². The van der Waals surface area contributed by atoms with Crippen LogP contribution >= 0.6 is 0 Å². The van der Waals surface area contributed by atoms with Crippen LogP contribution in [0.15, 0.2) is 0 Å². The molecule has 0 saturated carbocycles. The van der Waals surface area contributed by atoms with Gasteiger partial charge in [-0.3, -0.25) is 0 Å². The molecule has 0 aliphatic carbocycles. The van der Waals surface area contributed by atoms with Crippen LogP contribution in [0.4, 0.5) is 0 Å². The summed E-state index contributed by atoms with van der Waals surface area (Å²) >= 11 is 0. The SMILES string of the molecule is CC(N)C(C)C1OCC2(CO1)COC(C(C)C(C)N)OC2. The minimum atomic E-state index is -0.240. The first-order valence-corrected chi connectivity index (χ1v) is 7.82. The third-order valence-corrected chi connectivity index (χ3v) is 4.73. The minimum absolute atomic E-state index is 0.0409. The summed E-state index contributed by atoms with van der Waals surface area (Å²) in [6, 6.07) is 0.0818. The predicted octanol–water partition coefficient (Wildman–Crippen LogP) is 0.685. The molecule has 2 heterocycles. The van der Waals surface area contributed by atoms with Crippen LogP contribution in [0.1, 0.15) is 27.7 Å².